The highest BCUT2D eigenvalue weighted by molar-refractivity contribution is 7.99. The van der Waals surface area contributed by atoms with Crippen molar-refractivity contribution in [3.8, 4) is 28.6 Å². The summed E-state index contributed by atoms with van der Waals surface area (Å²) < 4.78 is 26.2. The van der Waals surface area contributed by atoms with Crippen LogP contribution >= 0.6 is 11.8 Å². The van der Waals surface area contributed by atoms with Gasteiger partial charge in [0.25, 0.3) is 0 Å². The van der Waals surface area contributed by atoms with Gasteiger partial charge in [-0.25, -0.2) is 4.39 Å². The number of aromatic nitrogens is 4. The fourth-order valence-electron chi connectivity index (χ4n) is 3.73. The van der Waals surface area contributed by atoms with Crippen LogP contribution in [0, 0.1) is 5.82 Å². The summed E-state index contributed by atoms with van der Waals surface area (Å²) in [5.74, 6) is 1.79. The van der Waals surface area contributed by atoms with Crippen molar-refractivity contribution in [1.82, 2.24) is 24.6 Å². The number of rotatable bonds is 8. The van der Waals surface area contributed by atoms with Crippen molar-refractivity contribution in [1.29, 1.82) is 0 Å². The largest absolute Gasteiger partial charge is 0.454 e. The van der Waals surface area contributed by atoms with Gasteiger partial charge in [-0.15, -0.1) is 10.2 Å². The molecule has 8 nitrogen and oxygen atoms in total. The maximum Gasteiger partial charge on any atom is 0.233 e. The Kier molecular flexibility index (Phi) is 6.62. The molecule has 0 unspecified atom stereocenters. The van der Waals surface area contributed by atoms with Gasteiger partial charge in [0.1, 0.15) is 5.82 Å². The number of hydrogen-bond donors (Lipinski definition) is 0. The summed E-state index contributed by atoms with van der Waals surface area (Å²) in [6.07, 6.45) is 3.34. The van der Waals surface area contributed by atoms with Gasteiger partial charge in [-0.2, -0.15) is 0 Å². The Morgan fingerprint density at radius 1 is 1.06 bits per heavy atom. The van der Waals surface area contributed by atoms with Crippen LogP contribution < -0.4 is 9.47 Å². The second-order valence-electron chi connectivity index (χ2n) is 7.74. The van der Waals surface area contributed by atoms with Gasteiger partial charge in [0, 0.05) is 36.7 Å². The summed E-state index contributed by atoms with van der Waals surface area (Å²) in [6.45, 7) is 3.17. The van der Waals surface area contributed by atoms with E-state index in [1.165, 1.54) is 23.9 Å². The molecule has 0 aliphatic carbocycles. The molecule has 0 fully saturated rings. The van der Waals surface area contributed by atoms with E-state index >= 15 is 0 Å². The van der Waals surface area contributed by atoms with Gasteiger partial charge in [0.15, 0.2) is 22.5 Å². The predicted molar refractivity (Wildman–Crippen MR) is 129 cm³/mol. The summed E-state index contributed by atoms with van der Waals surface area (Å²) in [7, 11) is 0. The zero-order valence-electron chi connectivity index (χ0n) is 18.9. The van der Waals surface area contributed by atoms with Crippen LogP contribution in [0.25, 0.3) is 17.1 Å². The van der Waals surface area contributed by atoms with Crippen LogP contribution in [0.1, 0.15) is 12.5 Å². The number of benzene rings is 2. The summed E-state index contributed by atoms with van der Waals surface area (Å²) in [4.78, 5) is 18.9. The second-order valence-corrected chi connectivity index (χ2v) is 8.68. The quantitative estimate of drug-likeness (QED) is 0.339. The first kappa shape index (κ1) is 22.9. The number of thioether (sulfide) groups is 1. The Hall–Kier alpha value is -3.92. The lowest BCUT2D eigenvalue weighted by Gasteiger charge is -2.21. The number of fused-ring (bicyclic) bond motifs is 1. The van der Waals surface area contributed by atoms with Gasteiger partial charge in [-0.3, -0.25) is 14.3 Å². The van der Waals surface area contributed by atoms with E-state index in [1.807, 2.05) is 41.8 Å². The highest BCUT2D eigenvalue weighted by Gasteiger charge is 2.20. The average molecular weight is 492 g/mol. The molecule has 4 aromatic rings. The van der Waals surface area contributed by atoms with E-state index in [0.29, 0.717) is 41.3 Å². The van der Waals surface area contributed by atoms with Gasteiger partial charge in [-0.1, -0.05) is 17.8 Å². The van der Waals surface area contributed by atoms with Gasteiger partial charge in [-0.05, 0) is 61.0 Å². The monoisotopic (exact) mass is 491 g/mol. The minimum atomic E-state index is -0.334. The van der Waals surface area contributed by atoms with E-state index in [9.17, 15) is 9.18 Å². The van der Waals surface area contributed by atoms with E-state index in [-0.39, 0.29) is 24.3 Å². The molecule has 1 aliphatic heterocycles. The van der Waals surface area contributed by atoms with Gasteiger partial charge < -0.3 is 14.4 Å². The molecule has 0 radical (unpaired) electrons. The average Bonchev–Trinajstić information content (AvgIpc) is 3.53. The van der Waals surface area contributed by atoms with Gasteiger partial charge in [0.05, 0.1) is 5.75 Å². The number of amides is 1. The fraction of sp³-hybridized carbons (Fsp3) is 0.200. The second kappa shape index (κ2) is 10.1. The molecular weight excluding hydrogens is 469 g/mol. The minimum Gasteiger partial charge on any atom is -0.454 e. The minimum absolute atomic E-state index is 0.0331. The van der Waals surface area contributed by atoms with Crippen molar-refractivity contribution in [2.24, 2.45) is 0 Å². The van der Waals surface area contributed by atoms with E-state index in [4.69, 9.17) is 9.47 Å². The molecule has 10 heteroatoms. The molecule has 0 saturated carbocycles. The molecule has 0 atom stereocenters. The lowest BCUT2D eigenvalue weighted by Crippen LogP contribution is -2.31. The number of hydrogen-bond acceptors (Lipinski definition) is 7. The number of nitrogens with zero attached hydrogens (tertiary/aromatic N) is 5. The van der Waals surface area contributed by atoms with Crippen LogP contribution in [0.2, 0.25) is 0 Å². The first-order chi connectivity index (χ1) is 17.1. The van der Waals surface area contributed by atoms with Crippen LogP contribution in [0.3, 0.4) is 0 Å². The van der Waals surface area contributed by atoms with E-state index in [1.54, 1.807) is 29.4 Å². The molecule has 0 N–H and O–H groups in total. The molecule has 3 heterocycles. The first-order valence-electron chi connectivity index (χ1n) is 11.0. The van der Waals surface area contributed by atoms with Crippen molar-refractivity contribution in [3.63, 3.8) is 0 Å². The normalized spacial score (nSPS) is 12.1. The van der Waals surface area contributed by atoms with Gasteiger partial charge in [0.2, 0.25) is 12.7 Å². The molecule has 0 bridgehead atoms. The van der Waals surface area contributed by atoms with Crippen LogP contribution in [0.4, 0.5) is 4.39 Å². The van der Waals surface area contributed by atoms with E-state index in [0.717, 1.165) is 11.1 Å². The molecule has 2 aromatic heterocycles. The smallest absolute Gasteiger partial charge is 0.233 e. The first-order valence-corrected chi connectivity index (χ1v) is 12.0. The maximum absolute atomic E-state index is 13.6. The highest BCUT2D eigenvalue weighted by atomic mass is 32.2. The molecular formula is C25H22FN5O3S. The molecule has 0 spiro atoms. The standard InChI is InChI=1S/C25H22FN5O3S/c1-2-30(14-17-3-8-21-22(13-17)34-16-33-21)23(32)15-35-25-29-28-24(18-9-11-27-12-10-18)31(25)20-6-4-19(26)5-7-20/h3-13H,2,14-16H2,1H3. The Morgan fingerprint density at radius 3 is 2.60 bits per heavy atom. The van der Waals surface area contributed by atoms with Crippen LogP contribution in [-0.4, -0.2) is 49.6 Å². The Labute approximate surface area is 205 Å². The lowest BCUT2D eigenvalue weighted by atomic mass is 10.2. The SMILES string of the molecule is CCN(Cc1ccc2c(c1)OCO2)C(=O)CSc1nnc(-c2ccncc2)n1-c1ccc(F)cc1. The summed E-state index contributed by atoms with van der Waals surface area (Å²) in [5.41, 5.74) is 2.47. The lowest BCUT2D eigenvalue weighted by molar-refractivity contribution is -0.128. The topological polar surface area (TPSA) is 82.4 Å². The predicted octanol–water partition coefficient (Wildman–Crippen LogP) is 4.34. The van der Waals surface area contributed by atoms with E-state index < -0.39 is 0 Å². The van der Waals surface area contributed by atoms with Crippen LogP contribution in [0.15, 0.2) is 72.1 Å². The summed E-state index contributed by atoms with van der Waals surface area (Å²) >= 11 is 1.29. The van der Waals surface area contributed by atoms with Crippen LogP contribution in [-0.2, 0) is 11.3 Å². The Balaban J connectivity index is 1.35. The third kappa shape index (κ3) is 4.97. The number of carbonyl (C=O) groups is 1. The molecule has 5 rings (SSSR count). The summed E-state index contributed by atoms with van der Waals surface area (Å²) in [5, 5.41) is 9.22. The number of ether oxygens (including phenoxy) is 2. The van der Waals surface area contributed by atoms with Gasteiger partial charge >= 0.3 is 0 Å². The molecule has 178 valence electrons. The Bertz CT molecular complexity index is 1330. The molecule has 2 aromatic carbocycles. The van der Waals surface area contributed by atoms with Crippen molar-refractivity contribution in [2.45, 2.75) is 18.6 Å². The highest BCUT2D eigenvalue weighted by Crippen LogP contribution is 2.33. The molecule has 0 saturated heterocycles. The molecule has 1 aliphatic rings. The van der Waals surface area contributed by atoms with E-state index in [2.05, 4.69) is 15.2 Å². The van der Waals surface area contributed by atoms with Crippen molar-refractivity contribution in [3.05, 3.63) is 78.4 Å². The van der Waals surface area contributed by atoms with Crippen molar-refractivity contribution >= 4 is 17.7 Å². The fourth-order valence-corrected chi connectivity index (χ4v) is 4.58. The van der Waals surface area contributed by atoms with Crippen LogP contribution in [0.5, 0.6) is 11.5 Å². The maximum atomic E-state index is 13.6. The molecule has 1 amide bonds. The third-order valence-electron chi connectivity index (χ3n) is 5.53. The zero-order chi connectivity index (χ0) is 24.2. The third-order valence-corrected chi connectivity index (χ3v) is 6.44. The number of halogens is 1. The van der Waals surface area contributed by atoms with Crippen molar-refractivity contribution in [2.75, 3.05) is 19.1 Å². The zero-order valence-corrected chi connectivity index (χ0v) is 19.7. The number of pyridine rings is 1. The summed E-state index contributed by atoms with van der Waals surface area (Å²) in [6, 6.07) is 15.4. The molecule has 35 heavy (non-hydrogen) atoms. The Morgan fingerprint density at radius 2 is 1.83 bits per heavy atom. The van der Waals surface area contributed by atoms with Crippen molar-refractivity contribution < 1.29 is 18.7 Å². The number of carbonyl (C=O) groups excluding carboxylic acids is 1.